The maximum absolute atomic E-state index is 12.7. The molecule has 1 heterocycles. The lowest BCUT2D eigenvalue weighted by Crippen LogP contribution is -2.36. The summed E-state index contributed by atoms with van der Waals surface area (Å²) in [6.07, 6.45) is 6.79. The molecule has 108 valence electrons. The minimum Gasteiger partial charge on any atom is -0.340 e. The molecule has 2 heteroatoms. The Bertz CT molecular complexity index is 452. The van der Waals surface area contributed by atoms with Crippen molar-refractivity contribution in [3.63, 3.8) is 0 Å². The van der Waals surface area contributed by atoms with E-state index in [-0.39, 0.29) is 0 Å². The van der Waals surface area contributed by atoms with Gasteiger partial charge in [0.1, 0.15) is 0 Å². The zero-order chi connectivity index (χ0) is 13.9. The molecule has 2 fully saturated rings. The first-order valence-corrected chi connectivity index (χ1v) is 8.14. The number of hydrogen-bond donors (Lipinski definition) is 0. The summed E-state index contributed by atoms with van der Waals surface area (Å²) < 4.78 is 0. The molecule has 20 heavy (non-hydrogen) atoms. The van der Waals surface area contributed by atoms with Gasteiger partial charge in [0.05, 0.1) is 0 Å². The molecular weight excluding hydrogens is 246 g/mol. The van der Waals surface area contributed by atoms with Gasteiger partial charge in [0.25, 0.3) is 0 Å². The second-order valence-electron chi connectivity index (χ2n) is 6.35. The van der Waals surface area contributed by atoms with Crippen molar-refractivity contribution in [3.05, 3.63) is 35.9 Å². The van der Waals surface area contributed by atoms with Gasteiger partial charge in [-0.25, -0.2) is 0 Å². The highest BCUT2D eigenvalue weighted by atomic mass is 16.2. The molecule has 1 amide bonds. The minimum absolute atomic E-state index is 0.384. The summed E-state index contributed by atoms with van der Waals surface area (Å²) in [5.74, 6) is 1.57. The number of carbonyl (C=O) groups is 1. The third-order valence-electron chi connectivity index (χ3n) is 4.98. The largest absolute Gasteiger partial charge is 0.340 e. The molecule has 3 rings (SSSR count). The monoisotopic (exact) mass is 271 g/mol. The van der Waals surface area contributed by atoms with Crippen molar-refractivity contribution in [2.45, 2.75) is 57.4 Å². The summed E-state index contributed by atoms with van der Waals surface area (Å²) in [5, 5.41) is 0. The quantitative estimate of drug-likeness (QED) is 0.793. The highest BCUT2D eigenvalue weighted by Crippen LogP contribution is 2.45. The van der Waals surface area contributed by atoms with Crippen molar-refractivity contribution in [2.75, 3.05) is 6.54 Å². The topological polar surface area (TPSA) is 20.3 Å². The summed E-state index contributed by atoms with van der Waals surface area (Å²) in [5.41, 5.74) is 1.36. The van der Waals surface area contributed by atoms with E-state index in [4.69, 9.17) is 0 Å². The van der Waals surface area contributed by atoms with Crippen molar-refractivity contribution in [1.29, 1.82) is 0 Å². The highest BCUT2D eigenvalue weighted by molar-refractivity contribution is 5.78. The van der Waals surface area contributed by atoms with E-state index in [1.54, 1.807) is 0 Å². The van der Waals surface area contributed by atoms with Gasteiger partial charge in [0.2, 0.25) is 5.91 Å². The predicted molar refractivity (Wildman–Crippen MR) is 81.6 cm³/mol. The number of rotatable bonds is 5. The van der Waals surface area contributed by atoms with E-state index in [1.807, 2.05) is 0 Å². The van der Waals surface area contributed by atoms with E-state index in [1.165, 1.54) is 31.2 Å². The zero-order valence-electron chi connectivity index (χ0n) is 12.4. The van der Waals surface area contributed by atoms with Crippen molar-refractivity contribution < 1.29 is 4.79 Å². The molecule has 1 aliphatic carbocycles. The first-order chi connectivity index (χ1) is 9.79. The maximum atomic E-state index is 12.7. The van der Waals surface area contributed by atoms with Gasteiger partial charge in [-0.05, 0) is 49.5 Å². The van der Waals surface area contributed by atoms with Gasteiger partial charge in [-0.2, -0.15) is 0 Å². The number of likely N-dealkylation sites (tertiary alicyclic amines) is 1. The van der Waals surface area contributed by atoms with Crippen LogP contribution in [-0.2, 0) is 4.79 Å². The van der Waals surface area contributed by atoms with Gasteiger partial charge >= 0.3 is 0 Å². The fourth-order valence-electron chi connectivity index (χ4n) is 3.65. The van der Waals surface area contributed by atoms with Crippen LogP contribution in [0.15, 0.2) is 30.3 Å². The summed E-state index contributed by atoms with van der Waals surface area (Å²) >= 11 is 0. The zero-order valence-corrected chi connectivity index (χ0v) is 12.4. The third kappa shape index (κ3) is 2.89. The molecule has 0 radical (unpaired) electrons. The van der Waals surface area contributed by atoms with E-state index in [2.05, 4.69) is 42.2 Å². The maximum Gasteiger partial charge on any atom is 0.223 e. The van der Waals surface area contributed by atoms with E-state index >= 15 is 0 Å². The second-order valence-corrected chi connectivity index (χ2v) is 6.35. The first-order valence-electron chi connectivity index (χ1n) is 8.14. The fraction of sp³-hybridized carbons (Fsp3) is 0.611. The Morgan fingerprint density at radius 1 is 1.25 bits per heavy atom. The highest BCUT2D eigenvalue weighted by Gasteiger charge is 2.36. The molecular formula is C18H25NO. The van der Waals surface area contributed by atoms with Crippen molar-refractivity contribution in [3.8, 4) is 0 Å². The van der Waals surface area contributed by atoms with Crippen LogP contribution in [0.3, 0.4) is 0 Å². The molecule has 2 unspecified atom stereocenters. The molecule has 1 aromatic rings. The standard InChI is InChI=1S/C18H25NO/c1-2-16-9-6-12-19(16)18(20)13-17(15-10-11-15)14-7-4-3-5-8-14/h3-5,7-8,15-17H,2,6,9-13H2,1H3. The van der Waals surface area contributed by atoms with E-state index < -0.39 is 0 Å². The second kappa shape index (κ2) is 5.99. The molecule has 0 aromatic heterocycles. The lowest BCUT2D eigenvalue weighted by Gasteiger charge is -2.26. The summed E-state index contributed by atoms with van der Waals surface area (Å²) in [4.78, 5) is 14.8. The molecule has 2 aliphatic rings. The van der Waals surface area contributed by atoms with Crippen LogP contribution < -0.4 is 0 Å². The van der Waals surface area contributed by atoms with Crippen molar-refractivity contribution >= 4 is 5.91 Å². The van der Waals surface area contributed by atoms with Gasteiger partial charge in [0, 0.05) is 19.0 Å². The first kappa shape index (κ1) is 13.7. The summed E-state index contributed by atoms with van der Waals surface area (Å²) in [7, 11) is 0. The molecule has 0 N–H and O–H groups in total. The molecule has 1 saturated carbocycles. The van der Waals surface area contributed by atoms with Crippen LogP contribution >= 0.6 is 0 Å². The van der Waals surface area contributed by atoms with Crippen LogP contribution in [0.2, 0.25) is 0 Å². The minimum atomic E-state index is 0.384. The average molecular weight is 271 g/mol. The predicted octanol–water partition coefficient (Wildman–Crippen LogP) is 3.97. The van der Waals surface area contributed by atoms with Gasteiger partial charge in [-0.1, -0.05) is 37.3 Å². The summed E-state index contributed by atoms with van der Waals surface area (Å²) in [6.45, 7) is 3.18. The van der Waals surface area contributed by atoms with Crippen LogP contribution in [-0.4, -0.2) is 23.4 Å². The molecule has 2 atom stereocenters. The smallest absolute Gasteiger partial charge is 0.223 e. The van der Waals surface area contributed by atoms with E-state index in [9.17, 15) is 4.79 Å². The Morgan fingerprint density at radius 3 is 2.65 bits per heavy atom. The molecule has 1 saturated heterocycles. The van der Waals surface area contributed by atoms with Crippen LogP contribution in [0.25, 0.3) is 0 Å². The third-order valence-corrected chi connectivity index (χ3v) is 4.98. The Hall–Kier alpha value is -1.31. The number of amides is 1. The number of nitrogens with zero attached hydrogens (tertiary/aromatic N) is 1. The molecule has 1 aliphatic heterocycles. The molecule has 0 spiro atoms. The Labute approximate surface area is 122 Å². The molecule has 0 bridgehead atoms. The number of benzene rings is 1. The Kier molecular flexibility index (Phi) is 4.09. The SMILES string of the molecule is CCC1CCCN1C(=O)CC(c1ccccc1)C1CC1. The lowest BCUT2D eigenvalue weighted by atomic mass is 9.90. The normalized spacial score (nSPS) is 23.9. The summed E-state index contributed by atoms with van der Waals surface area (Å²) in [6, 6.07) is 11.1. The van der Waals surface area contributed by atoms with Crippen LogP contribution in [0.4, 0.5) is 0 Å². The van der Waals surface area contributed by atoms with Gasteiger partial charge < -0.3 is 4.90 Å². The van der Waals surface area contributed by atoms with Crippen LogP contribution in [0.1, 0.15) is 56.9 Å². The van der Waals surface area contributed by atoms with E-state index in [0.717, 1.165) is 18.9 Å². The van der Waals surface area contributed by atoms with E-state index in [0.29, 0.717) is 24.3 Å². The van der Waals surface area contributed by atoms with Gasteiger partial charge in [-0.15, -0.1) is 0 Å². The van der Waals surface area contributed by atoms with Crippen LogP contribution in [0.5, 0.6) is 0 Å². The van der Waals surface area contributed by atoms with Crippen molar-refractivity contribution in [2.24, 2.45) is 5.92 Å². The number of carbonyl (C=O) groups excluding carboxylic acids is 1. The van der Waals surface area contributed by atoms with Crippen molar-refractivity contribution in [1.82, 2.24) is 4.90 Å². The lowest BCUT2D eigenvalue weighted by molar-refractivity contribution is -0.132. The van der Waals surface area contributed by atoms with Crippen LogP contribution in [0, 0.1) is 5.92 Å². The Balaban J connectivity index is 1.69. The average Bonchev–Trinajstić information content (AvgIpc) is 3.21. The number of hydrogen-bond acceptors (Lipinski definition) is 1. The Morgan fingerprint density at radius 2 is 2.00 bits per heavy atom. The van der Waals surface area contributed by atoms with Gasteiger partial charge in [0.15, 0.2) is 0 Å². The molecule has 2 nitrogen and oxygen atoms in total. The van der Waals surface area contributed by atoms with Gasteiger partial charge in [-0.3, -0.25) is 4.79 Å². The molecule has 1 aromatic carbocycles. The fourth-order valence-corrected chi connectivity index (χ4v) is 3.65.